The molecule has 5 aromatic heterocycles. The van der Waals surface area contributed by atoms with Gasteiger partial charge in [-0.1, -0.05) is 31.4 Å². The number of fused-ring (bicyclic) bond motifs is 2. The Hall–Kier alpha value is -4.30. The maximum atomic E-state index is 12.7. The van der Waals surface area contributed by atoms with Crippen LogP contribution in [0.15, 0.2) is 72.6 Å². The lowest BCUT2D eigenvalue weighted by Gasteiger charge is -2.20. The van der Waals surface area contributed by atoms with E-state index in [1.165, 1.54) is 24.1 Å². The smallest absolute Gasteiger partial charge is 0.224 e. The van der Waals surface area contributed by atoms with Crippen LogP contribution in [-0.4, -0.2) is 31.1 Å². The Bertz CT molecular complexity index is 1780. The zero-order chi connectivity index (χ0) is 26.2. The van der Waals surface area contributed by atoms with Gasteiger partial charge in [0, 0.05) is 45.6 Å². The van der Waals surface area contributed by atoms with Gasteiger partial charge < -0.3 is 10.3 Å². The van der Waals surface area contributed by atoms with Gasteiger partial charge in [-0.3, -0.25) is 19.9 Å². The summed E-state index contributed by atoms with van der Waals surface area (Å²) in [5.74, 6) is 0.572. The lowest BCUT2D eigenvalue weighted by molar-refractivity contribution is -0.117. The number of aromatic nitrogens is 5. The minimum atomic E-state index is 0.0728. The van der Waals surface area contributed by atoms with Crippen molar-refractivity contribution in [2.24, 2.45) is 5.92 Å². The van der Waals surface area contributed by atoms with Gasteiger partial charge in [0.2, 0.25) is 5.91 Å². The molecule has 1 fully saturated rings. The van der Waals surface area contributed by atoms with E-state index in [1.54, 1.807) is 17.5 Å². The van der Waals surface area contributed by atoms with Gasteiger partial charge in [-0.05, 0) is 60.0 Å². The number of amides is 1. The zero-order valence-corrected chi connectivity index (χ0v) is 22.2. The number of hydrogen-bond donors (Lipinski definition) is 3. The Morgan fingerprint density at radius 1 is 0.923 bits per heavy atom. The normalized spacial score (nSPS) is 14.3. The SMILES string of the molecule is O=C(CC1CCCCC1)Nc1cncc(-c2ccc3[nH]nc(-c4cc5c(-c6cccs6)cncc5[nH]4)c3c2)c1. The highest BCUT2D eigenvalue weighted by Gasteiger charge is 2.18. The molecule has 7 nitrogen and oxygen atoms in total. The van der Waals surface area contributed by atoms with E-state index in [9.17, 15) is 4.79 Å². The first-order chi connectivity index (χ1) is 19.2. The zero-order valence-electron chi connectivity index (χ0n) is 21.4. The summed E-state index contributed by atoms with van der Waals surface area (Å²) in [6, 6.07) is 14.5. The van der Waals surface area contributed by atoms with E-state index in [1.807, 2.05) is 30.7 Å². The predicted molar refractivity (Wildman–Crippen MR) is 158 cm³/mol. The van der Waals surface area contributed by atoms with Gasteiger partial charge in [-0.15, -0.1) is 11.3 Å². The van der Waals surface area contributed by atoms with Crippen LogP contribution < -0.4 is 5.32 Å². The van der Waals surface area contributed by atoms with Gasteiger partial charge >= 0.3 is 0 Å². The largest absolute Gasteiger partial charge is 0.352 e. The molecular weight excluding hydrogens is 504 g/mol. The fourth-order valence-electron chi connectivity index (χ4n) is 5.74. The summed E-state index contributed by atoms with van der Waals surface area (Å²) < 4.78 is 0. The predicted octanol–water partition coefficient (Wildman–Crippen LogP) is 7.81. The van der Waals surface area contributed by atoms with Gasteiger partial charge in [0.05, 0.1) is 34.8 Å². The lowest BCUT2D eigenvalue weighted by atomic mass is 9.87. The number of benzene rings is 1. The van der Waals surface area contributed by atoms with E-state index < -0.39 is 0 Å². The second kappa shape index (κ2) is 10.1. The highest BCUT2D eigenvalue weighted by Crippen LogP contribution is 2.36. The summed E-state index contributed by atoms with van der Waals surface area (Å²) in [5, 5.41) is 15.1. The van der Waals surface area contributed by atoms with Crippen LogP contribution in [0, 0.1) is 5.92 Å². The number of hydrogen-bond acceptors (Lipinski definition) is 5. The van der Waals surface area contributed by atoms with Crippen molar-refractivity contribution in [2.45, 2.75) is 38.5 Å². The maximum absolute atomic E-state index is 12.7. The molecule has 1 saturated carbocycles. The molecule has 0 aliphatic heterocycles. The molecule has 0 saturated heterocycles. The second-order valence-electron chi connectivity index (χ2n) is 10.4. The standard InChI is InChI=1S/C31H28N6OS/c38-30(11-19-5-2-1-3-6-19)34-22-12-21(15-32-16-22)20-8-9-26-24(13-20)31(37-36-26)27-14-23-25(29-7-4-10-39-29)17-33-18-28(23)35-27/h4,7-10,12-19,35H,1-3,5-6,11H2,(H,34,38)(H,36,37). The fraction of sp³-hybridized carbons (Fsp3) is 0.226. The Kier molecular flexibility index (Phi) is 6.17. The van der Waals surface area contributed by atoms with E-state index >= 15 is 0 Å². The van der Waals surface area contributed by atoms with Crippen molar-refractivity contribution >= 4 is 44.7 Å². The molecule has 7 rings (SSSR count). The van der Waals surface area contributed by atoms with Crippen molar-refractivity contribution in [3.8, 4) is 33.0 Å². The van der Waals surface area contributed by atoms with Gasteiger partial charge in [0.25, 0.3) is 0 Å². The second-order valence-corrected chi connectivity index (χ2v) is 11.3. The molecule has 8 heteroatoms. The molecule has 1 aromatic carbocycles. The number of nitrogens with one attached hydrogen (secondary N) is 3. The average Bonchev–Trinajstić information content (AvgIpc) is 3.73. The first kappa shape index (κ1) is 23.8. The maximum Gasteiger partial charge on any atom is 0.224 e. The summed E-state index contributed by atoms with van der Waals surface area (Å²) in [7, 11) is 0. The third-order valence-corrected chi connectivity index (χ3v) is 8.61. The molecule has 3 N–H and O–H groups in total. The minimum absolute atomic E-state index is 0.0728. The first-order valence-corrected chi connectivity index (χ1v) is 14.3. The molecule has 1 aliphatic carbocycles. The van der Waals surface area contributed by atoms with Crippen LogP contribution in [0.2, 0.25) is 0 Å². The van der Waals surface area contributed by atoms with Crippen molar-refractivity contribution in [2.75, 3.05) is 5.32 Å². The van der Waals surface area contributed by atoms with Crippen molar-refractivity contribution < 1.29 is 4.79 Å². The molecule has 0 atom stereocenters. The molecule has 5 heterocycles. The van der Waals surface area contributed by atoms with E-state index in [2.05, 4.69) is 66.2 Å². The molecule has 194 valence electrons. The Balaban J connectivity index is 1.19. The number of carbonyl (C=O) groups excluding carboxylic acids is 1. The number of nitrogens with zero attached hydrogens (tertiary/aromatic N) is 3. The Labute approximate surface area is 229 Å². The van der Waals surface area contributed by atoms with E-state index in [0.29, 0.717) is 12.3 Å². The van der Waals surface area contributed by atoms with Crippen molar-refractivity contribution in [3.05, 3.63) is 72.6 Å². The molecule has 6 aromatic rings. The molecule has 0 spiro atoms. The van der Waals surface area contributed by atoms with Crippen LogP contribution in [0.3, 0.4) is 0 Å². The minimum Gasteiger partial charge on any atom is -0.352 e. The molecule has 0 unspecified atom stereocenters. The number of H-pyrrole nitrogens is 2. The number of pyridine rings is 2. The van der Waals surface area contributed by atoms with Crippen molar-refractivity contribution in [3.63, 3.8) is 0 Å². The summed E-state index contributed by atoms with van der Waals surface area (Å²) in [6.07, 6.45) is 14.0. The number of thiophene rings is 1. The lowest BCUT2D eigenvalue weighted by Crippen LogP contribution is -2.18. The molecule has 1 aliphatic rings. The van der Waals surface area contributed by atoms with Crippen LogP contribution >= 0.6 is 11.3 Å². The van der Waals surface area contributed by atoms with E-state index in [4.69, 9.17) is 0 Å². The highest BCUT2D eigenvalue weighted by molar-refractivity contribution is 7.13. The summed E-state index contributed by atoms with van der Waals surface area (Å²) >= 11 is 1.71. The van der Waals surface area contributed by atoms with Crippen LogP contribution in [0.25, 0.3) is 54.8 Å². The molecule has 0 bridgehead atoms. The number of anilines is 1. The number of rotatable bonds is 6. The Morgan fingerprint density at radius 2 is 1.82 bits per heavy atom. The van der Waals surface area contributed by atoms with Crippen LogP contribution in [0.5, 0.6) is 0 Å². The molecule has 1 amide bonds. The number of aromatic amines is 2. The molecule has 39 heavy (non-hydrogen) atoms. The average molecular weight is 533 g/mol. The van der Waals surface area contributed by atoms with Crippen LogP contribution in [0.1, 0.15) is 38.5 Å². The third-order valence-electron chi connectivity index (χ3n) is 7.70. The quantitative estimate of drug-likeness (QED) is 0.204. The Morgan fingerprint density at radius 3 is 2.69 bits per heavy atom. The van der Waals surface area contributed by atoms with Gasteiger partial charge in [0.15, 0.2) is 0 Å². The third kappa shape index (κ3) is 4.72. The molecule has 0 radical (unpaired) electrons. The van der Waals surface area contributed by atoms with Gasteiger partial charge in [-0.2, -0.15) is 5.10 Å². The van der Waals surface area contributed by atoms with Gasteiger partial charge in [0.1, 0.15) is 5.69 Å². The first-order valence-electron chi connectivity index (χ1n) is 13.5. The van der Waals surface area contributed by atoms with Crippen LogP contribution in [-0.2, 0) is 4.79 Å². The topological polar surface area (TPSA) is 99.3 Å². The summed E-state index contributed by atoms with van der Waals surface area (Å²) in [5.41, 5.74) is 7.51. The van der Waals surface area contributed by atoms with Crippen LogP contribution in [0.4, 0.5) is 5.69 Å². The summed E-state index contributed by atoms with van der Waals surface area (Å²) in [6.45, 7) is 0. The highest BCUT2D eigenvalue weighted by atomic mass is 32.1. The molecular formula is C31H28N6OS. The van der Waals surface area contributed by atoms with Gasteiger partial charge in [-0.25, -0.2) is 0 Å². The van der Waals surface area contributed by atoms with E-state index in [-0.39, 0.29) is 5.91 Å². The van der Waals surface area contributed by atoms with Crippen molar-refractivity contribution in [1.29, 1.82) is 0 Å². The van der Waals surface area contributed by atoms with E-state index in [0.717, 1.165) is 68.4 Å². The summed E-state index contributed by atoms with van der Waals surface area (Å²) in [4.78, 5) is 26.3. The van der Waals surface area contributed by atoms with Crippen molar-refractivity contribution in [1.82, 2.24) is 25.1 Å². The monoisotopic (exact) mass is 532 g/mol. The fourth-order valence-corrected chi connectivity index (χ4v) is 6.49. The number of carbonyl (C=O) groups is 1.